The van der Waals surface area contributed by atoms with Gasteiger partial charge in [-0.25, -0.2) is 13.2 Å². The molecule has 2 rings (SSSR count). The largest absolute Gasteiger partial charge is 0.394 e. The van der Waals surface area contributed by atoms with Crippen molar-refractivity contribution in [2.45, 2.75) is 10.9 Å². The molecule has 1 atom stereocenters. The summed E-state index contributed by atoms with van der Waals surface area (Å²) in [6.07, 6.45) is 0. The van der Waals surface area contributed by atoms with Crippen LogP contribution < -0.4 is 10.6 Å². The molecule has 0 spiro atoms. The molecule has 112 valence electrons. The lowest BCUT2D eigenvalue weighted by Gasteiger charge is -2.14. The molecular weight excluding hydrogens is 296 g/mol. The van der Waals surface area contributed by atoms with Crippen LogP contribution in [0.3, 0.4) is 0 Å². The van der Waals surface area contributed by atoms with Crippen molar-refractivity contribution in [3.05, 3.63) is 42.5 Å². The number of fused-ring (bicyclic) bond motifs is 1. The monoisotopic (exact) mass is 310 g/mol. The fraction of sp³-hybridized carbons (Fsp3) is 0.154. The molecule has 0 saturated carbocycles. The Kier molecular flexibility index (Phi) is 4.53. The highest BCUT2D eigenvalue weighted by Gasteiger charge is 2.26. The molecule has 0 aliphatic rings. The second-order valence-electron chi connectivity index (χ2n) is 4.30. The van der Waals surface area contributed by atoms with Crippen LogP contribution in [0, 0.1) is 0 Å². The Hall–Kier alpha value is -2.00. The number of nitrogens with two attached hydrogens (primary N) is 1. The predicted octanol–water partition coefficient (Wildman–Crippen LogP) is -0.104. The highest BCUT2D eigenvalue weighted by atomic mass is 32.2. The quantitative estimate of drug-likeness (QED) is 0.663. The van der Waals surface area contributed by atoms with Crippen molar-refractivity contribution in [2.24, 2.45) is 5.90 Å². The van der Waals surface area contributed by atoms with E-state index in [1.807, 2.05) is 16.9 Å². The summed E-state index contributed by atoms with van der Waals surface area (Å²) >= 11 is 0. The highest BCUT2D eigenvalue weighted by molar-refractivity contribution is 7.89. The molecule has 0 saturated heterocycles. The van der Waals surface area contributed by atoms with Crippen molar-refractivity contribution < 1.29 is 23.2 Å². The average Bonchev–Trinajstić information content (AvgIpc) is 2.51. The van der Waals surface area contributed by atoms with Gasteiger partial charge >= 0.3 is 5.97 Å². The van der Waals surface area contributed by atoms with Crippen molar-refractivity contribution in [3.63, 3.8) is 0 Å². The van der Waals surface area contributed by atoms with Crippen LogP contribution in [-0.2, 0) is 19.7 Å². The summed E-state index contributed by atoms with van der Waals surface area (Å²) in [4.78, 5) is 15.1. The molecule has 0 aromatic heterocycles. The number of carbonyl (C=O) groups is 1. The molecule has 0 heterocycles. The Morgan fingerprint density at radius 2 is 1.90 bits per heavy atom. The predicted molar refractivity (Wildman–Crippen MR) is 75.4 cm³/mol. The van der Waals surface area contributed by atoms with Gasteiger partial charge in [-0.3, -0.25) is 0 Å². The third-order valence-corrected chi connectivity index (χ3v) is 4.38. The maximum Gasteiger partial charge on any atom is 0.345 e. The molecule has 1 unspecified atom stereocenters. The van der Waals surface area contributed by atoms with Crippen molar-refractivity contribution in [3.8, 4) is 0 Å². The van der Waals surface area contributed by atoms with Crippen LogP contribution in [0.15, 0.2) is 47.4 Å². The van der Waals surface area contributed by atoms with Gasteiger partial charge in [0.15, 0.2) is 0 Å². The number of hydrogen-bond donors (Lipinski definition) is 3. The van der Waals surface area contributed by atoms with Gasteiger partial charge in [-0.15, -0.1) is 0 Å². The van der Waals surface area contributed by atoms with Gasteiger partial charge < -0.3 is 9.94 Å². The molecule has 0 radical (unpaired) electrons. The smallest absolute Gasteiger partial charge is 0.345 e. The lowest BCUT2D eigenvalue weighted by atomic mass is 10.1. The minimum absolute atomic E-state index is 0.0236. The van der Waals surface area contributed by atoms with Crippen LogP contribution in [0.1, 0.15) is 0 Å². The third kappa shape index (κ3) is 3.37. The van der Waals surface area contributed by atoms with E-state index in [9.17, 15) is 13.2 Å². The summed E-state index contributed by atoms with van der Waals surface area (Å²) in [6.45, 7) is -0.761. The van der Waals surface area contributed by atoms with Crippen LogP contribution in [0.25, 0.3) is 10.8 Å². The molecule has 2 aromatic rings. The van der Waals surface area contributed by atoms with Crippen molar-refractivity contribution in [1.29, 1.82) is 0 Å². The number of nitrogens with one attached hydrogen (secondary N) is 1. The maximum absolute atomic E-state index is 12.2. The fourth-order valence-electron chi connectivity index (χ4n) is 1.83. The maximum atomic E-state index is 12.2. The molecule has 0 aliphatic carbocycles. The number of hydrogen-bond acceptors (Lipinski definition) is 6. The summed E-state index contributed by atoms with van der Waals surface area (Å²) in [5.74, 6) is 3.62. The van der Waals surface area contributed by atoms with E-state index in [4.69, 9.17) is 5.11 Å². The van der Waals surface area contributed by atoms with Gasteiger partial charge in [0.2, 0.25) is 10.0 Å². The minimum atomic E-state index is -3.98. The van der Waals surface area contributed by atoms with Gasteiger partial charge in [-0.2, -0.15) is 10.6 Å². The Balaban J connectivity index is 2.35. The minimum Gasteiger partial charge on any atom is -0.394 e. The van der Waals surface area contributed by atoms with Crippen LogP contribution >= 0.6 is 0 Å². The molecule has 21 heavy (non-hydrogen) atoms. The van der Waals surface area contributed by atoms with Crippen molar-refractivity contribution >= 4 is 26.8 Å². The van der Waals surface area contributed by atoms with Gasteiger partial charge in [0.25, 0.3) is 0 Å². The molecule has 0 amide bonds. The first kappa shape index (κ1) is 15.4. The third-order valence-electron chi connectivity index (χ3n) is 2.91. The SMILES string of the molecule is NOC(=O)C(CO)NS(=O)(=O)c1ccc2ccccc2c1. The Morgan fingerprint density at radius 1 is 1.24 bits per heavy atom. The van der Waals surface area contributed by atoms with Gasteiger partial charge in [-0.1, -0.05) is 30.3 Å². The number of sulfonamides is 1. The van der Waals surface area contributed by atoms with E-state index in [0.29, 0.717) is 0 Å². The van der Waals surface area contributed by atoms with E-state index in [-0.39, 0.29) is 4.90 Å². The normalized spacial score (nSPS) is 13.0. The second kappa shape index (κ2) is 6.19. The van der Waals surface area contributed by atoms with E-state index in [1.165, 1.54) is 12.1 Å². The molecule has 2 aromatic carbocycles. The molecule has 8 heteroatoms. The summed E-state index contributed by atoms with van der Waals surface area (Å²) < 4.78 is 26.4. The molecule has 0 aliphatic heterocycles. The molecule has 0 bridgehead atoms. The zero-order valence-corrected chi connectivity index (χ0v) is 11.7. The summed E-state index contributed by atoms with van der Waals surface area (Å²) in [6, 6.07) is 10.3. The first-order valence-corrected chi connectivity index (χ1v) is 7.49. The molecular formula is C13H14N2O5S. The number of aliphatic hydroxyl groups excluding tert-OH is 1. The Bertz CT molecular complexity index is 760. The number of aliphatic hydroxyl groups is 1. The van der Waals surface area contributed by atoms with Gasteiger partial charge in [0.1, 0.15) is 6.04 Å². The van der Waals surface area contributed by atoms with E-state index in [2.05, 4.69) is 10.7 Å². The zero-order valence-electron chi connectivity index (χ0n) is 10.9. The van der Waals surface area contributed by atoms with Gasteiger partial charge in [-0.05, 0) is 22.9 Å². The van der Waals surface area contributed by atoms with E-state index in [1.54, 1.807) is 18.2 Å². The second-order valence-corrected chi connectivity index (χ2v) is 6.02. The van der Waals surface area contributed by atoms with Gasteiger partial charge in [0, 0.05) is 0 Å². The van der Waals surface area contributed by atoms with E-state index in [0.717, 1.165) is 10.8 Å². The van der Waals surface area contributed by atoms with Crippen molar-refractivity contribution in [1.82, 2.24) is 4.72 Å². The van der Waals surface area contributed by atoms with E-state index >= 15 is 0 Å². The fourth-order valence-corrected chi connectivity index (χ4v) is 3.04. The number of benzene rings is 2. The van der Waals surface area contributed by atoms with Gasteiger partial charge in [0.05, 0.1) is 11.5 Å². The average molecular weight is 310 g/mol. The number of carbonyl (C=O) groups excluding carboxylic acids is 1. The Labute approximate surface area is 121 Å². The summed E-state index contributed by atoms with van der Waals surface area (Å²) in [5, 5.41) is 10.7. The van der Waals surface area contributed by atoms with Crippen molar-refractivity contribution in [2.75, 3.05) is 6.61 Å². The molecule has 4 N–H and O–H groups in total. The molecule has 0 fully saturated rings. The van der Waals surface area contributed by atoms with Crippen LogP contribution in [0.2, 0.25) is 0 Å². The van der Waals surface area contributed by atoms with E-state index < -0.39 is 28.6 Å². The van der Waals surface area contributed by atoms with Crippen LogP contribution in [0.4, 0.5) is 0 Å². The summed E-state index contributed by atoms with van der Waals surface area (Å²) in [7, 11) is -3.98. The molecule has 7 nitrogen and oxygen atoms in total. The van der Waals surface area contributed by atoms with Crippen LogP contribution in [-0.4, -0.2) is 32.1 Å². The highest BCUT2D eigenvalue weighted by Crippen LogP contribution is 2.19. The lowest BCUT2D eigenvalue weighted by molar-refractivity contribution is -0.147. The number of rotatable bonds is 5. The standard InChI is InChI=1S/C13H14N2O5S/c14-20-13(17)12(8-16)15-21(18,19)11-6-5-9-3-1-2-4-10(9)7-11/h1-7,12,15-16H,8,14H2. The topological polar surface area (TPSA) is 119 Å². The first-order valence-electron chi connectivity index (χ1n) is 6.00. The summed E-state index contributed by atoms with van der Waals surface area (Å²) in [5.41, 5.74) is 0. The first-order chi connectivity index (χ1) is 9.97. The zero-order chi connectivity index (χ0) is 15.5. The lowest BCUT2D eigenvalue weighted by Crippen LogP contribution is -2.45. The van der Waals surface area contributed by atoms with Crippen LogP contribution in [0.5, 0.6) is 0 Å². The Morgan fingerprint density at radius 3 is 2.52 bits per heavy atom.